The molecule has 18 heavy (non-hydrogen) atoms. The molecule has 1 saturated carbocycles. The van der Waals surface area contributed by atoms with Crippen LogP contribution >= 0.6 is 0 Å². The fraction of sp³-hybridized carbons (Fsp3) is 0.929. The van der Waals surface area contributed by atoms with Crippen LogP contribution in [0, 0.1) is 0 Å². The molecule has 0 aromatic carbocycles. The van der Waals surface area contributed by atoms with Crippen molar-refractivity contribution < 1.29 is 9.53 Å². The van der Waals surface area contributed by atoms with Crippen LogP contribution in [-0.2, 0) is 4.74 Å². The number of hydrogen-bond donors (Lipinski definition) is 0. The van der Waals surface area contributed by atoms with E-state index in [-0.39, 0.29) is 11.7 Å². The highest BCUT2D eigenvalue weighted by atomic mass is 16.6. The smallest absolute Gasteiger partial charge is 0.410 e. The Morgan fingerprint density at radius 3 is 2.00 bits per heavy atom. The number of ether oxygens (including phenoxy) is 1. The van der Waals surface area contributed by atoms with Crippen LogP contribution in [0.3, 0.4) is 0 Å². The summed E-state index contributed by atoms with van der Waals surface area (Å²) in [7, 11) is 2.25. The molecule has 0 spiro atoms. The Bertz CT molecular complexity index is 361. The second-order valence-corrected chi connectivity index (χ2v) is 6.95. The van der Waals surface area contributed by atoms with E-state index in [0.29, 0.717) is 24.2 Å². The zero-order valence-corrected chi connectivity index (χ0v) is 11.3. The number of rotatable bonds is 1. The van der Waals surface area contributed by atoms with Gasteiger partial charge in [-0.15, -0.1) is 0 Å². The summed E-state index contributed by atoms with van der Waals surface area (Å²) in [5, 5.41) is 0. The Labute approximate surface area is 108 Å². The molecule has 0 radical (unpaired) electrons. The molecule has 100 valence electrons. The van der Waals surface area contributed by atoms with E-state index in [1.807, 2.05) is 0 Å². The minimum atomic E-state index is -0.136. The van der Waals surface area contributed by atoms with Gasteiger partial charge in [0, 0.05) is 24.2 Å². The highest BCUT2D eigenvalue weighted by Gasteiger charge is 2.53. The van der Waals surface area contributed by atoms with E-state index in [4.69, 9.17) is 4.74 Å². The lowest BCUT2D eigenvalue weighted by Crippen LogP contribution is -2.68. The first-order valence-corrected chi connectivity index (χ1v) is 7.29. The first-order chi connectivity index (χ1) is 8.56. The average Bonchev–Trinajstić information content (AvgIpc) is 3.01. The van der Waals surface area contributed by atoms with Crippen LogP contribution in [0.4, 0.5) is 4.79 Å². The van der Waals surface area contributed by atoms with Gasteiger partial charge in [0.05, 0.1) is 0 Å². The van der Waals surface area contributed by atoms with Crippen molar-refractivity contribution in [3.8, 4) is 0 Å². The summed E-state index contributed by atoms with van der Waals surface area (Å²) in [6, 6.07) is 2.29. The molecule has 0 aromatic heterocycles. The molecule has 5 fully saturated rings. The Hall–Kier alpha value is -0.770. The first kappa shape index (κ1) is 11.1. The number of hydrogen-bond acceptors (Lipinski definition) is 3. The van der Waals surface area contributed by atoms with Crippen LogP contribution in [0.15, 0.2) is 0 Å². The molecule has 4 heterocycles. The van der Waals surface area contributed by atoms with Crippen molar-refractivity contribution >= 4 is 6.09 Å². The molecule has 4 heteroatoms. The minimum Gasteiger partial charge on any atom is -0.443 e. The molecular weight excluding hydrogens is 228 g/mol. The molecule has 1 aliphatic carbocycles. The highest BCUT2D eigenvalue weighted by Crippen LogP contribution is 2.45. The van der Waals surface area contributed by atoms with E-state index in [0.717, 1.165) is 38.5 Å². The van der Waals surface area contributed by atoms with Gasteiger partial charge in [-0.1, -0.05) is 0 Å². The van der Waals surface area contributed by atoms with Crippen LogP contribution in [0.25, 0.3) is 0 Å². The maximum absolute atomic E-state index is 12.4. The van der Waals surface area contributed by atoms with E-state index in [1.54, 1.807) is 0 Å². The van der Waals surface area contributed by atoms with Gasteiger partial charge in [-0.3, -0.25) is 0 Å². The summed E-state index contributed by atoms with van der Waals surface area (Å²) in [5.41, 5.74) is -0.136. The van der Waals surface area contributed by atoms with Crippen molar-refractivity contribution in [1.82, 2.24) is 9.80 Å². The van der Waals surface area contributed by atoms with Gasteiger partial charge < -0.3 is 14.5 Å². The van der Waals surface area contributed by atoms with Crippen molar-refractivity contribution in [2.24, 2.45) is 0 Å². The van der Waals surface area contributed by atoms with Crippen LogP contribution in [-0.4, -0.2) is 52.7 Å². The van der Waals surface area contributed by atoms with Crippen LogP contribution in [0.2, 0.25) is 0 Å². The molecule has 1 amide bonds. The molecule has 5 aliphatic rings. The van der Waals surface area contributed by atoms with E-state index < -0.39 is 0 Å². The number of piperidine rings is 4. The van der Waals surface area contributed by atoms with Gasteiger partial charge >= 0.3 is 6.09 Å². The van der Waals surface area contributed by atoms with Crippen molar-refractivity contribution in [2.45, 2.75) is 75.2 Å². The summed E-state index contributed by atoms with van der Waals surface area (Å²) < 4.78 is 5.67. The van der Waals surface area contributed by atoms with Crippen LogP contribution < -0.4 is 0 Å². The summed E-state index contributed by atoms with van der Waals surface area (Å²) in [5.74, 6) is 0. The molecule has 5 rings (SSSR count). The van der Waals surface area contributed by atoms with Gasteiger partial charge in [0.2, 0.25) is 0 Å². The van der Waals surface area contributed by atoms with Crippen molar-refractivity contribution in [3.05, 3.63) is 0 Å². The SMILES string of the molecule is CN1C2CC3CC1CC(C2)N3C(=O)OC1(C)CC1. The Morgan fingerprint density at radius 2 is 1.56 bits per heavy atom. The third-order valence-electron chi connectivity index (χ3n) is 5.61. The van der Waals surface area contributed by atoms with Gasteiger partial charge in [-0.2, -0.15) is 0 Å². The van der Waals surface area contributed by atoms with E-state index in [2.05, 4.69) is 23.8 Å². The zero-order chi connectivity index (χ0) is 12.5. The summed E-state index contributed by atoms with van der Waals surface area (Å²) in [4.78, 5) is 17.0. The van der Waals surface area contributed by atoms with Gasteiger partial charge in [0.15, 0.2) is 0 Å². The Morgan fingerprint density at radius 1 is 1.06 bits per heavy atom. The van der Waals surface area contributed by atoms with Crippen LogP contribution in [0.1, 0.15) is 45.4 Å². The lowest BCUT2D eigenvalue weighted by Gasteiger charge is -2.59. The summed E-state index contributed by atoms with van der Waals surface area (Å²) in [6.45, 7) is 2.05. The number of amides is 1. The molecule has 4 saturated heterocycles. The minimum absolute atomic E-state index is 0.0357. The molecule has 0 unspecified atom stereocenters. The molecule has 4 bridgehead atoms. The standard InChI is InChI=1S/C14H22N2O2/c1-14(3-4-14)18-13(17)16-11-5-9-6-12(16)8-10(7-11)15(9)2/h9-12H,3-8H2,1-2H3. The largest absolute Gasteiger partial charge is 0.443 e. The quantitative estimate of drug-likeness (QED) is 0.713. The lowest BCUT2D eigenvalue weighted by molar-refractivity contribution is -0.0916. The van der Waals surface area contributed by atoms with Gasteiger partial charge in [-0.25, -0.2) is 4.79 Å². The van der Waals surface area contributed by atoms with E-state index in [1.165, 1.54) is 0 Å². The normalized spacial score (nSPS) is 44.2. The third kappa shape index (κ3) is 1.51. The van der Waals surface area contributed by atoms with E-state index >= 15 is 0 Å². The molecule has 0 atom stereocenters. The highest BCUT2D eigenvalue weighted by molar-refractivity contribution is 5.70. The van der Waals surface area contributed by atoms with E-state index in [9.17, 15) is 4.79 Å². The average molecular weight is 250 g/mol. The number of carbonyl (C=O) groups excluding carboxylic acids is 1. The monoisotopic (exact) mass is 250 g/mol. The Kier molecular flexibility index (Phi) is 2.10. The zero-order valence-electron chi connectivity index (χ0n) is 11.3. The molecule has 0 aromatic rings. The summed E-state index contributed by atoms with van der Waals surface area (Å²) in [6.07, 6.45) is 6.63. The van der Waals surface area contributed by atoms with Crippen molar-refractivity contribution in [1.29, 1.82) is 0 Å². The summed E-state index contributed by atoms with van der Waals surface area (Å²) >= 11 is 0. The topological polar surface area (TPSA) is 32.8 Å². The Balaban J connectivity index is 1.52. The fourth-order valence-electron chi connectivity index (χ4n) is 4.20. The second kappa shape index (κ2) is 3.41. The maximum atomic E-state index is 12.4. The number of nitrogens with zero attached hydrogens (tertiary/aromatic N) is 2. The first-order valence-electron chi connectivity index (χ1n) is 7.29. The lowest BCUT2D eigenvalue weighted by atomic mass is 9.73. The van der Waals surface area contributed by atoms with Gasteiger partial charge in [0.25, 0.3) is 0 Å². The predicted molar refractivity (Wildman–Crippen MR) is 67.3 cm³/mol. The predicted octanol–water partition coefficient (Wildman–Crippen LogP) is 1.98. The molecule has 4 nitrogen and oxygen atoms in total. The third-order valence-corrected chi connectivity index (χ3v) is 5.61. The van der Waals surface area contributed by atoms with Gasteiger partial charge in [-0.05, 0) is 52.5 Å². The molecular formula is C14H22N2O2. The van der Waals surface area contributed by atoms with Crippen molar-refractivity contribution in [3.63, 3.8) is 0 Å². The van der Waals surface area contributed by atoms with Crippen molar-refractivity contribution in [2.75, 3.05) is 7.05 Å². The second-order valence-electron chi connectivity index (χ2n) is 6.95. The molecule has 0 N–H and O–H groups in total. The molecule has 4 aliphatic heterocycles. The fourth-order valence-corrected chi connectivity index (χ4v) is 4.20. The van der Waals surface area contributed by atoms with Gasteiger partial charge in [0.1, 0.15) is 5.60 Å². The maximum Gasteiger partial charge on any atom is 0.410 e. The number of carbonyl (C=O) groups is 1. The van der Waals surface area contributed by atoms with Crippen LogP contribution in [0.5, 0.6) is 0 Å².